The van der Waals surface area contributed by atoms with Gasteiger partial charge in [-0.25, -0.2) is 4.99 Å². The molecule has 0 radical (unpaired) electrons. The van der Waals surface area contributed by atoms with Gasteiger partial charge in [0.05, 0.1) is 29.7 Å². The maximum atomic E-state index is 13.1. The highest BCUT2D eigenvalue weighted by molar-refractivity contribution is 7.16. The van der Waals surface area contributed by atoms with E-state index in [1.54, 1.807) is 48.1 Å². The first kappa shape index (κ1) is 22.7. The summed E-state index contributed by atoms with van der Waals surface area (Å²) in [5.74, 6) is 0.583. The first-order valence-corrected chi connectivity index (χ1v) is 12.3. The van der Waals surface area contributed by atoms with Crippen molar-refractivity contribution < 1.29 is 14.3 Å². The molecule has 0 saturated carbocycles. The Kier molecular flexibility index (Phi) is 6.81. The van der Waals surface area contributed by atoms with E-state index < -0.39 is 0 Å². The van der Waals surface area contributed by atoms with Crippen LogP contribution in [0.2, 0.25) is 0 Å². The maximum absolute atomic E-state index is 13.1. The second kappa shape index (κ2) is 10.5. The highest BCUT2D eigenvalue weighted by Crippen LogP contribution is 2.40. The van der Waals surface area contributed by atoms with Crippen molar-refractivity contribution in [2.45, 2.75) is 32.2 Å². The number of amides is 1. The normalized spacial score (nSPS) is 13.4. The van der Waals surface area contributed by atoms with E-state index in [9.17, 15) is 9.90 Å². The van der Waals surface area contributed by atoms with Crippen molar-refractivity contribution in [3.8, 4) is 5.75 Å². The average Bonchev–Trinajstić information content (AvgIpc) is 3.54. The van der Waals surface area contributed by atoms with Gasteiger partial charge < -0.3 is 14.8 Å². The minimum Gasteiger partial charge on any atom is -0.507 e. The lowest BCUT2D eigenvalue weighted by Crippen LogP contribution is -2.23. The van der Waals surface area contributed by atoms with Gasteiger partial charge in [-0.2, -0.15) is 10.2 Å². The minimum absolute atomic E-state index is 0.0448. The SMILES string of the molecule is O=C(NCc1ccco1)c1c(N=Cc2ccc(N=Nc3ccccc3)cc2O)sc2c1CCCC2. The largest absolute Gasteiger partial charge is 0.507 e. The monoisotopic (exact) mass is 484 g/mol. The number of carbonyl (C=O) groups excluding carboxylic acids is 1. The molecule has 1 aliphatic carbocycles. The third-order valence-corrected chi connectivity index (χ3v) is 6.95. The molecule has 5 rings (SSSR count). The molecule has 0 unspecified atom stereocenters. The number of phenols is 1. The van der Waals surface area contributed by atoms with Crippen LogP contribution < -0.4 is 5.32 Å². The summed E-state index contributed by atoms with van der Waals surface area (Å²) in [5, 5.41) is 22.5. The molecule has 4 aromatic rings. The number of nitrogens with one attached hydrogen (secondary N) is 1. The summed E-state index contributed by atoms with van der Waals surface area (Å²) >= 11 is 1.55. The average molecular weight is 485 g/mol. The van der Waals surface area contributed by atoms with Crippen LogP contribution in [0.15, 0.2) is 86.6 Å². The van der Waals surface area contributed by atoms with Crippen molar-refractivity contribution >= 4 is 39.8 Å². The second-order valence-electron chi connectivity index (χ2n) is 8.19. The number of fused-ring (bicyclic) bond motifs is 1. The second-order valence-corrected chi connectivity index (χ2v) is 9.27. The first-order chi connectivity index (χ1) is 17.2. The van der Waals surface area contributed by atoms with Crippen LogP contribution in [0.1, 0.15) is 45.0 Å². The standard InChI is InChI=1S/C27H24N4O3S/c32-23-15-20(31-30-19-7-2-1-3-8-19)13-12-18(23)16-29-27-25(22-10-4-5-11-24(22)35-27)26(33)28-17-21-9-6-14-34-21/h1-3,6-9,12-16,32H,4-5,10-11,17H2,(H,28,33). The molecule has 2 aromatic heterocycles. The molecule has 0 atom stereocenters. The highest BCUT2D eigenvalue weighted by Gasteiger charge is 2.25. The molecule has 2 heterocycles. The first-order valence-electron chi connectivity index (χ1n) is 11.5. The Morgan fingerprint density at radius 3 is 2.66 bits per heavy atom. The zero-order valence-electron chi connectivity index (χ0n) is 19.0. The number of aryl methyl sites for hydroxylation is 1. The topological polar surface area (TPSA) is 99.6 Å². The van der Waals surface area contributed by atoms with Gasteiger partial charge in [-0.05, 0) is 67.6 Å². The number of benzene rings is 2. The Bertz CT molecular complexity index is 1380. The lowest BCUT2D eigenvalue weighted by Gasteiger charge is -2.12. The van der Waals surface area contributed by atoms with E-state index in [1.807, 2.05) is 36.4 Å². The summed E-state index contributed by atoms with van der Waals surface area (Å²) in [7, 11) is 0. The zero-order valence-corrected chi connectivity index (χ0v) is 19.8. The van der Waals surface area contributed by atoms with E-state index in [0.717, 1.165) is 36.9 Å². The summed E-state index contributed by atoms with van der Waals surface area (Å²) in [5.41, 5.74) is 3.52. The highest BCUT2D eigenvalue weighted by atomic mass is 32.1. The van der Waals surface area contributed by atoms with Crippen LogP contribution in [0.5, 0.6) is 5.75 Å². The molecule has 7 nitrogen and oxygen atoms in total. The Labute approximate surface area is 206 Å². The summed E-state index contributed by atoms with van der Waals surface area (Å²) in [6.07, 6.45) is 7.19. The fourth-order valence-corrected chi connectivity index (χ4v) is 5.22. The number of furan rings is 1. The number of aromatic hydroxyl groups is 1. The number of aliphatic imine (C=N–C) groups is 1. The number of phenolic OH excluding ortho intramolecular Hbond substituents is 1. The molecule has 0 fully saturated rings. The quantitative estimate of drug-likeness (QED) is 0.218. The van der Waals surface area contributed by atoms with Gasteiger partial charge in [0, 0.05) is 22.7 Å². The van der Waals surface area contributed by atoms with Gasteiger partial charge in [0.1, 0.15) is 16.5 Å². The van der Waals surface area contributed by atoms with E-state index in [0.29, 0.717) is 34.1 Å². The van der Waals surface area contributed by atoms with Gasteiger partial charge >= 0.3 is 0 Å². The predicted octanol–water partition coefficient (Wildman–Crippen LogP) is 7.02. The summed E-state index contributed by atoms with van der Waals surface area (Å²) < 4.78 is 5.33. The lowest BCUT2D eigenvalue weighted by molar-refractivity contribution is 0.0948. The molecule has 2 N–H and O–H groups in total. The molecular formula is C27H24N4O3S. The van der Waals surface area contributed by atoms with E-state index in [2.05, 4.69) is 20.5 Å². The van der Waals surface area contributed by atoms with Gasteiger partial charge in [0.25, 0.3) is 5.91 Å². The summed E-state index contributed by atoms with van der Waals surface area (Å²) in [6, 6.07) is 18.1. The minimum atomic E-state index is -0.158. The van der Waals surface area contributed by atoms with E-state index in [-0.39, 0.29) is 11.7 Å². The Morgan fingerprint density at radius 2 is 1.86 bits per heavy atom. The van der Waals surface area contributed by atoms with E-state index >= 15 is 0 Å². The fraction of sp³-hybridized carbons (Fsp3) is 0.185. The third-order valence-electron chi connectivity index (χ3n) is 5.76. The Hall–Kier alpha value is -4.04. The van der Waals surface area contributed by atoms with Crippen molar-refractivity contribution in [1.82, 2.24) is 5.32 Å². The van der Waals surface area contributed by atoms with Crippen molar-refractivity contribution in [2.24, 2.45) is 15.2 Å². The maximum Gasteiger partial charge on any atom is 0.255 e. The lowest BCUT2D eigenvalue weighted by atomic mass is 9.95. The number of hydrogen-bond acceptors (Lipinski definition) is 7. The smallest absolute Gasteiger partial charge is 0.255 e. The van der Waals surface area contributed by atoms with Gasteiger partial charge in [-0.15, -0.1) is 11.3 Å². The molecule has 8 heteroatoms. The van der Waals surface area contributed by atoms with Crippen molar-refractivity contribution in [3.63, 3.8) is 0 Å². The zero-order chi connectivity index (χ0) is 24.0. The van der Waals surface area contributed by atoms with Crippen molar-refractivity contribution in [3.05, 3.63) is 94.3 Å². The molecule has 1 aliphatic rings. The molecule has 0 spiro atoms. The number of azo groups is 1. The van der Waals surface area contributed by atoms with Crippen LogP contribution in [0.25, 0.3) is 0 Å². The fourth-order valence-electron chi connectivity index (χ4n) is 3.99. The van der Waals surface area contributed by atoms with Gasteiger partial charge in [0.15, 0.2) is 0 Å². The van der Waals surface area contributed by atoms with Crippen molar-refractivity contribution in [1.29, 1.82) is 0 Å². The van der Waals surface area contributed by atoms with Crippen LogP contribution >= 0.6 is 11.3 Å². The van der Waals surface area contributed by atoms with Crippen LogP contribution in [-0.2, 0) is 19.4 Å². The van der Waals surface area contributed by atoms with Gasteiger partial charge in [0.2, 0.25) is 0 Å². The molecule has 0 saturated heterocycles. The van der Waals surface area contributed by atoms with Crippen LogP contribution in [0, 0.1) is 0 Å². The van der Waals surface area contributed by atoms with Crippen LogP contribution in [-0.4, -0.2) is 17.2 Å². The number of rotatable bonds is 7. The Balaban J connectivity index is 1.36. The molecule has 176 valence electrons. The molecule has 1 amide bonds. The van der Waals surface area contributed by atoms with Crippen molar-refractivity contribution in [2.75, 3.05) is 0 Å². The van der Waals surface area contributed by atoms with Crippen LogP contribution in [0.3, 0.4) is 0 Å². The number of hydrogen-bond donors (Lipinski definition) is 2. The van der Waals surface area contributed by atoms with Crippen LogP contribution in [0.4, 0.5) is 16.4 Å². The molecule has 0 aliphatic heterocycles. The summed E-state index contributed by atoms with van der Waals surface area (Å²) in [4.78, 5) is 19.0. The number of nitrogens with zero attached hydrogens (tertiary/aromatic N) is 3. The number of carbonyl (C=O) groups is 1. The predicted molar refractivity (Wildman–Crippen MR) is 137 cm³/mol. The molecule has 0 bridgehead atoms. The molecular weight excluding hydrogens is 460 g/mol. The molecule has 35 heavy (non-hydrogen) atoms. The van der Waals surface area contributed by atoms with E-state index in [1.165, 1.54) is 4.88 Å². The summed E-state index contributed by atoms with van der Waals surface area (Å²) in [6.45, 7) is 0.319. The van der Waals surface area contributed by atoms with Gasteiger partial charge in [-0.3, -0.25) is 4.79 Å². The number of thiophene rings is 1. The molecule has 2 aromatic carbocycles. The third kappa shape index (κ3) is 5.38. The van der Waals surface area contributed by atoms with E-state index in [4.69, 9.17) is 4.42 Å². The van der Waals surface area contributed by atoms with Gasteiger partial charge in [-0.1, -0.05) is 18.2 Å². The Morgan fingerprint density at radius 1 is 1.03 bits per heavy atom.